The van der Waals surface area contributed by atoms with Crippen LogP contribution < -0.4 is 10.6 Å². The second kappa shape index (κ2) is 6.32. The number of nitrogens with one attached hydrogen (secondary N) is 2. The predicted octanol–water partition coefficient (Wildman–Crippen LogP) is -0.217. The number of carbonyl (C=O) groups is 1. The van der Waals surface area contributed by atoms with Gasteiger partial charge in [0, 0.05) is 37.9 Å². The molecule has 6 nitrogen and oxygen atoms in total. The molecule has 0 saturated carbocycles. The van der Waals surface area contributed by atoms with Gasteiger partial charge >= 0.3 is 0 Å². The predicted molar refractivity (Wildman–Crippen MR) is 75.9 cm³/mol. The normalized spacial score (nSPS) is 21.4. The highest BCUT2D eigenvalue weighted by molar-refractivity contribution is 7.91. The van der Waals surface area contributed by atoms with Gasteiger partial charge in [-0.1, -0.05) is 0 Å². The van der Waals surface area contributed by atoms with E-state index in [1.54, 1.807) is 12.4 Å². The van der Waals surface area contributed by atoms with E-state index in [2.05, 4.69) is 15.6 Å². The average Bonchev–Trinajstić information content (AvgIpc) is 2.36. The van der Waals surface area contributed by atoms with Crippen molar-refractivity contribution in [3.63, 3.8) is 0 Å². The molecule has 2 N–H and O–H groups in total. The number of sulfone groups is 1. The Morgan fingerprint density at radius 2 is 2.35 bits per heavy atom. The highest BCUT2D eigenvalue weighted by Crippen LogP contribution is 2.07. The number of amides is 1. The minimum absolute atomic E-state index is 0.0341. The zero-order chi connectivity index (χ0) is 14.6. The van der Waals surface area contributed by atoms with Crippen LogP contribution in [0.2, 0.25) is 0 Å². The third kappa shape index (κ3) is 4.28. The summed E-state index contributed by atoms with van der Waals surface area (Å²) < 4.78 is 23.0. The molecule has 1 aromatic heterocycles. The Bertz CT molecular complexity index is 586. The van der Waals surface area contributed by atoms with Gasteiger partial charge in [-0.05, 0) is 24.1 Å². The maximum Gasteiger partial charge on any atom is 0.221 e. The van der Waals surface area contributed by atoms with Gasteiger partial charge < -0.3 is 10.6 Å². The van der Waals surface area contributed by atoms with E-state index in [1.165, 1.54) is 0 Å². The molecule has 1 aromatic rings. The van der Waals surface area contributed by atoms with Crippen molar-refractivity contribution in [2.75, 3.05) is 18.1 Å². The molecule has 0 aliphatic carbocycles. The molecule has 0 aromatic carbocycles. The molecule has 1 aliphatic rings. The van der Waals surface area contributed by atoms with E-state index in [9.17, 15) is 13.2 Å². The van der Waals surface area contributed by atoms with Gasteiger partial charge in [-0.25, -0.2) is 8.42 Å². The average molecular weight is 297 g/mol. The fourth-order valence-corrected chi connectivity index (χ4v) is 3.61. The zero-order valence-corrected chi connectivity index (χ0v) is 12.2. The van der Waals surface area contributed by atoms with Crippen molar-refractivity contribution < 1.29 is 13.2 Å². The molecular formula is C13H19N3O3S. The summed E-state index contributed by atoms with van der Waals surface area (Å²) in [5, 5.41) is 5.86. The minimum atomic E-state index is -3.00. The number of rotatable bonds is 4. The first kappa shape index (κ1) is 14.9. The number of hydrogen-bond acceptors (Lipinski definition) is 5. The number of nitrogens with zero attached hydrogens (tertiary/aromatic N) is 1. The van der Waals surface area contributed by atoms with E-state index >= 15 is 0 Å². The third-order valence-electron chi connectivity index (χ3n) is 3.36. The highest BCUT2D eigenvalue weighted by atomic mass is 32.2. The molecule has 1 aliphatic heterocycles. The SMILES string of the molecule is Cc1ccncc1CNC(=O)CC1CS(=O)(=O)CCN1. The van der Waals surface area contributed by atoms with E-state index in [0.717, 1.165) is 11.1 Å². The molecule has 7 heteroatoms. The number of aromatic nitrogens is 1. The van der Waals surface area contributed by atoms with Crippen molar-refractivity contribution in [3.8, 4) is 0 Å². The summed E-state index contributed by atoms with van der Waals surface area (Å²) in [6, 6.07) is 1.60. The summed E-state index contributed by atoms with van der Waals surface area (Å²) >= 11 is 0. The second-order valence-electron chi connectivity index (χ2n) is 5.05. The zero-order valence-electron chi connectivity index (χ0n) is 11.4. The molecule has 110 valence electrons. The van der Waals surface area contributed by atoms with E-state index in [1.807, 2.05) is 13.0 Å². The standard InChI is InChI=1S/C13H19N3O3S/c1-10-2-3-14-7-11(10)8-16-13(17)6-12-9-20(18,19)5-4-15-12/h2-3,7,12,15H,4-6,8-9H2,1H3,(H,16,17). The van der Waals surface area contributed by atoms with E-state index < -0.39 is 9.84 Å². The van der Waals surface area contributed by atoms with Crippen molar-refractivity contribution in [1.29, 1.82) is 0 Å². The Kier molecular flexibility index (Phi) is 4.72. The summed E-state index contributed by atoms with van der Waals surface area (Å²) in [6.07, 6.45) is 3.61. The number of carbonyl (C=O) groups excluding carboxylic acids is 1. The second-order valence-corrected chi connectivity index (χ2v) is 7.28. The van der Waals surface area contributed by atoms with Gasteiger partial charge in [0.2, 0.25) is 5.91 Å². The van der Waals surface area contributed by atoms with E-state index in [-0.39, 0.29) is 29.9 Å². The third-order valence-corrected chi connectivity index (χ3v) is 5.09. The Labute approximate surface area is 118 Å². The molecular weight excluding hydrogens is 278 g/mol. The topological polar surface area (TPSA) is 88.2 Å². The van der Waals surface area contributed by atoms with Gasteiger partial charge in [0.15, 0.2) is 9.84 Å². The first-order chi connectivity index (χ1) is 9.46. The summed E-state index contributed by atoms with van der Waals surface area (Å²) in [5.74, 6) is 0.0367. The molecule has 0 spiro atoms. The molecule has 1 saturated heterocycles. The molecule has 0 radical (unpaired) electrons. The van der Waals surface area contributed by atoms with Crippen LogP contribution in [0.15, 0.2) is 18.5 Å². The van der Waals surface area contributed by atoms with Gasteiger partial charge in [-0.3, -0.25) is 9.78 Å². The lowest BCUT2D eigenvalue weighted by atomic mass is 10.1. The quantitative estimate of drug-likeness (QED) is 0.802. The van der Waals surface area contributed by atoms with E-state index in [0.29, 0.717) is 13.1 Å². The van der Waals surface area contributed by atoms with E-state index in [4.69, 9.17) is 0 Å². The minimum Gasteiger partial charge on any atom is -0.352 e. The first-order valence-electron chi connectivity index (χ1n) is 6.56. The lowest BCUT2D eigenvalue weighted by Gasteiger charge is -2.23. The lowest BCUT2D eigenvalue weighted by molar-refractivity contribution is -0.121. The molecule has 20 heavy (non-hydrogen) atoms. The van der Waals surface area contributed by atoms with Gasteiger partial charge in [0.05, 0.1) is 11.5 Å². The molecule has 1 amide bonds. The Morgan fingerprint density at radius 1 is 1.55 bits per heavy atom. The van der Waals surface area contributed by atoms with Crippen molar-refractivity contribution in [1.82, 2.24) is 15.6 Å². The maximum absolute atomic E-state index is 11.8. The van der Waals surface area contributed by atoms with Crippen LogP contribution in [0.25, 0.3) is 0 Å². The fourth-order valence-electron chi connectivity index (χ4n) is 2.17. The summed E-state index contributed by atoms with van der Waals surface area (Å²) in [7, 11) is -3.00. The van der Waals surface area contributed by atoms with Crippen LogP contribution in [0, 0.1) is 6.92 Å². The van der Waals surface area contributed by atoms with Crippen molar-refractivity contribution >= 4 is 15.7 Å². The molecule has 0 bridgehead atoms. The fraction of sp³-hybridized carbons (Fsp3) is 0.538. The van der Waals surface area contributed by atoms with Crippen molar-refractivity contribution in [3.05, 3.63) is 29.6 Å². The van der Waals surface area contributed by atoms with Gasteiger partial charge in [0.1, 0.15) is 0 Å². The van der Waals surface area contributed by atoms with Gasteiger partial charge in [-0.2, -0.15) is 0 Å². The Morgan fingerprint density at radius 3 is 3.05 bits per heavy atom. The largest absolute Gasteiger partial charge is 0.352 e. The number of aryl methyl sites for hydroxylation is 1. The molecule has 2 rings (SSSR count). The van der Waals surface area contributed by atoms with Crippen LogP contribution in [0.1, 0.15) is 17.5 Å². The van der Waals surface area contributed by atoms with Crippen LogP contribution in [0.3, 0.4) is 0 Å². The van der Waals surface area contributed by atoms with Crippen molar-refractivity contribution in [2.24, 2.45) is 0 Å². The van der Waals surface area contributed by atoms with Crippen LogP contribution in [0.5, 0.6) is 0 Å². The monoisotopic (exact) mass is 297 g/mol. The lowest BCUT2D eigenvalue weighted by Crippen LogP contribution is -2.47. The van der Waals surface area contributed by atoms with Crippen LogP contribution in [0.4, 0.5) is 0 Å². The molecule has 1 fully saturated rings. The van der Waals surface area contributed by atoms with Gasteiger partial charge in [0.25, 0.3) is 0 Å². The molecule has 1 unspecified atom stereocenters. The number of hydrogen-bond donors (Lipinski definition) is 2. The number of pyridine rings is 1. The van der Waals surface area contributed by atoms with Crippen molar-refractivity contribution in [2.45, 2.75) is 25.9 Å². The van der Waals surface area contributed by atoms with Crippen LogP contribution in [-0.4, -0.2) is 43.4 Å². The maximum atomic E-state index is 11.8. The molecule has 1 atom stereocenters. The van der Waals surface area contributed by atoms with Crippen LogP contribution in [-0.2, 0) is 21.2 Å². The van der Waals surface area contributed by atoms with Crippen LogP contribution >= 0.6 is 0 Å². The Hall–Kier alpha value is -1.47. The summed E-state index contributed by atoms with van der Waals surface area (Å²) in [5.41, 5.74) is 2.03. The van der Waals surface area contributed by atoms with Gasteiger partial charge in [-0.15, -0.1) is 0 Å². The Balaban J connectivity index is 1.83. The summed E-state index contributed by atoms with van der Waals surface area (Å²) in [6.45, 7) is 2.79. The first-order valence-corrected chi connectivity index (χ1v) is 8.38. The smallest absolute Gasteiger partial charge is 0.221 e. The summed E-state index contributed by atoms with van der Waals surface area (Å²) in [4.78, 5) is 15.9. The molecule has 2 heterocycles. The highest BCUT2D eigenvalue weighted by Gasteiger charge is 2.25.